The quantitative estimate of drug-likeness (QED) is 0.357. The molecular formula is C24H33FN6OS. The topological polar surface area (TPSA) is 95.6 Å². The third kappa shape index (κ3) is 4.84. The number of hydrogen-bond donors (Lipinski definition) is 3. The van der Waals surface area contributed by atoms with Crippen molar-refractivity contribution in [3.8, 4) is 0 Å². The molecule has 2 aromatic carbocycles. The molecule has 0 saturated carbocycles. The molecule has 0 bridgehead atoms. The Labute approximate surface area is 199 Å². The van der Waals surface area contributed by atoms with Crippen LogP contribution in [0.4, 0.5) is 21.5 Å². The van der Waals surface area contributed by atoms with Crippen LogP contribution >= 0.6 is 11.3 Å². The normalized spacial score (nSPS) is 15.0. The Balaban J connectivity index is 0.00000216. The summed E-state index contributed by atoms with van der Waals surface area (Å²) in [5, 5.41) is 7.06. The minimum Gasteiger partial charge on any atom is -0.397 e. The molecule has 9 heteroatoms. The Kier molecular flexibility index (Phi) is 6.90. The second-order valence-corrected chi connectivity index (χ2v) is 9.39. The van der Waals surface area contributed by atoms with Crippen molar-refractivity contribution in [2.24, 2.45) is 4.99 Å². The second-order valence-electron chi connectivity index (χ2n) is 8.16. The summed E-state index contributed by atoms with van der Waals surface area (Å²) >= 11 is 1.38. The highest BCUT2D eigenvalue weighted by Crippen LogP contribution is 2.32. The van der Waals surface area contributed by atoms with Crippen LogP contribution in [0.2, 0.25) is 0 Å². The maximum Gasteiger partial charge on any atom is 0.257 e. The van der Waals surface area contributed by atoms with Crippen molar-refractivity contribution in [1.82, 2.24) is 10.3 Å². The van der Waals surface area contributed by atoms with Gasteiger partial charge in [-0.25, -0.2) is 9.37 Å². The van der Waals surface area contributed by atoms with Gasteiger partial charge in [0.15, 0.2) is 5.82 Å². The number of nitrogens with two attached hydrogens (primary N) is 1. The van der Waals surface area contributed by atoms with E-state index in [1.165, 1.54) is 17.4 Å². The number of halogens is 1. The van der Waals surface area contributed by atoms with Gasteiger partial charge in [0, 0.05) is 52.2 Å². The van der Waals surface area contributed by atoms with Gasteiger partial charge >= 0.3 is 0 Å². The van der Waals surface area contributed by atoms with E-state index in [0.29, 0.717) is 33.2 Å². The molecule has 0 unspecified atom stereocenters. The van der Waals surface area contributed by atoms with Crippen LogP contribution in [0.1, 0.15) is 43.5 Å². The van der Waals surface area contributed by atoms with Crippen LogP contribution in [0.25, 0.3) is 10.2 Å². The van der Waals surface area contributed by atoms with Gasteiger partial charge in [0.05, 0.1) is 21.0 Å². The Hall–Kier alpha value is -3.04. The summed E-state index contributed by atoms with van der Waals surface area (Å²) in [5.74, 6) is -0.856. The molecule has 0 aliphatic carbocycles. The highest BCUT2D eigenvalue weighted by molar-refractivity contribution is 7.18. The van der Waals surface area contributed by atoms with Crippen LogP contribution < -0.4 is 21.3 Å². The molecule has 0 atom stereocenters. The van der Waals surface area contributed by atoms with Crippen LogP contribution in [0.15, 0.2) is 29.3 Å². The summed E-state index contributed by atoms with van der Waals surface area (Å²) in [4.78, 5) is 23.7. The van der Waals surface area contributed by atoms with E-state index in [1.54, 1.807) is 25.4 Å². The minimum atomic E-state index is -0.463. The number of piperidine rings is 1. The van der Waals surface area contributed by atoms with Gasteiger partial charge in [0.2, 0.25) is 0 Å². The van der Waals surface area contributed by atoms with Crippen LogP contribution in [0.5, 0.6) is 0 Å². The molecular weight excluding hydrogens is 439 g/mol. The number of rotatable bonds is 6. The van der Waals surface area contributed by atoms with Crippen molar-refractivity contribution < 1.29 is 12.0 Å². The fourth-order valence-corrected chi connectivity index (χ4v) is 5.23. The molecule has 33 heavy (non-hydrogen) atoms. The molecule has 4 rings (SSSR count). The predicted molar refractivity (Wildman–Crippen MR) is 140 cm³/mol. The summed E-state index contributed by atoms with van der Waals surface area (Å²) in [7, 11) is 1.68. The first-order valence-corrected chi connectivity index (χ1v) is 11.9. The number of carbonyl (C=O) groups excluding carboxylic acids is 1. The van der Waals surface area contributed by atoms with Gasteiger partial charge in [-0.15, -0.1) is 11.3 Å². The summed E-state index contributed by atoms with van der Waals surface area (Å²) in [6.07, 6.45) is 3.79. The van der Waals surface area contributed by atoms with Gasteiger partial charge in [-0.3, -0.25) is 9.79 Å². The molecule has 1 amide bonds. The predicted octanol–water partition coefficient (Wildman–Crippen LogP) is 4.70. The van der Waals surface area contributed by atoms with Crippen molar-refractivity contribution in [3.05, 3.63) is 46.2 Å². The van der Waals surface area contributed by atoms with Crippen LogP contribution in [0.3, 0.4) is 0 Å². The zero-order chi connectivity index (χ0) is 23.5. The van der Waals surface area contributed by atoms with Gasteiger partial charge < -0.3 is 21.3 Å². The molecule has 1 aliphatic rings. The lowest BCUT2D eigenvalue weighted by molar-refractivity contribution is 0.102. The Morgan fingerprint density at radius 3 is 2.85 bits per heavy atom. The summed E-state index contributed by atoms with van der Waals surface area (Å²) < 4.78 is 15.1. The first kappa shape index (κ1) is 23.1. The SMILES string of the molecule is CCNC1CCN(c2ccc(C(=O)Nc3cc(F)c4nc(C)sc4c3)c(N)c2C=NC)CC1.[HH].[HH]. The number of amides is 1. The highest BCUT2D eigenvalue weighted by Gasteiger charge is 2.23. The molecule has 1 saturated heterocycles. The van der Waals surface area contributed by atoms with Crippen LogP contribution in [-0.2, 0) is 0 Å². The molecule has 7 nitrogen and oxygen atoms in total. The number of carbonyl (C=O) groups is 1. The number of nitrogens with zero attached hydrogens (tertiary/aromatic N) is 3. The third-order valence-corrected chi connectivity index (χ3v) is 6.83. The monoisotopic (exact) mass is 472 g/mol. The number of anilines is 3. The number of aliphatic imine (C=N–C) groups is 1. The average molecular weight is 473 g/mol. The van der Waals surface area contributed by atoms with Gasteiger partial charge in [-0.2, -0.15) is 0 Å². The molecule has 178 valence electrons. The number of aromatic nitrogens is 1. The smallest absolute Gasteiger partial charge is 0.257 e. The fraction of sp³-hybridized carbons (Fsp3) is 0.375. The first-order valence-electron chi connectivity index (χ1n) is 11.1. The fourth-order valence-electron chi connectivity index (χ4n) is 4.35. The van der Waals surface area contributed by atoms with Crippen LogP contribution in [-0.4, -0.2) is 49.8 Å². The van der Waals surface area contributed by atoms with E-state index in [9.17, 15) is 9.18 Å². The standard InChI is InChI=1S/C24H29FN6OS.2H2/c1-4-28-15-7-9-31(10-8-15)20-6-5-17(22(26)18(20)13-27-3)24(32)30-16-11-19(25)23-21(12-16)33-14(2)29-23;;/h5-6,11-13,15,28H,4,7-10,26H2,1-3H3,(H,30,32);2*1H. The summed E-state index contributed by atoms with van der Waals surface area (Å²) in [5.41, 5.74) is 9.53. The zero-order valence-electron chi connectivity index (χ0n) is 19.1. The molecule has 1 fully saturated rings. The third-order valence-electron chi connectivity index (χ3n) is 5.91. The number of benzene rings is 2. The number of nitrogen functional groups attached to an aromatic ring is 1. The molecule has 4 N–H and O–H groups in total. The van der Waals surface area contributed by atoms with Gasteiger partial charge in [0.1, 0.15) is 5.52 Å². The lowest BCUT2D eigenvalue weighted by Crippen LogP contribution is -2.42. The van der Waals surface area contributed by atoms with E-state index in [0.717, 1.165) is 48.7 Å². The van der Waals surface area contributed by atoms with E-state index in [-0.39, 0.29) is 2.85 Å². The number of thiazole rings is 1. The number of nitrogens with one attached hydrogen (secondary N) is 2. The van der Waals surface area contributed by atoms with E-state index >= 15 is 0 Å². The van der Waals surface area contributed by atoms with E-state index < -0.39 is 11.7 Å². The number of hydrogen-bond acceptors (Lipinski definition) is 7. The Bertz CT molecular complexity index is 1210. The molecule has 1 aliphatic heterocycles. The number of fused-ring (bicyclic) bond motifs is 1. The highest BCUT2D eigenvalue weighted by atomic mass is 32.1. The summed E-state index contributed by atoms with van der Waals surface area (Å²) in [6, 6.07) is 7.19. The maximum atomic E-state index is 14.4. The molecule has 2 heterocycles. The van der Waals surface area contributed by atoms with Gasteiger partial charge in [-0.05, 0) is 50.6 Å². The van der Waals surface area contributed by atoms with Crippen molar-refractivity contribution in [3.63, 3.8) is 0 Å². The minimum absolute atomic E-state index is 0. The van der Waals surface area contributed by atoms with Crippen molar-refractivity contribution in [2.75, 3.05) is 42.6 Å². The number of aryl methyl sites for hydroxylation is 1. The van der Waals surface area contributed by atoms with Crippen LogP contribution in [0, 0.1) is 12.7 Å². The second kappa shape index (κ2) is 9.84. The lowest BCUT2D eigenvalue weighted by atomic mass is 10.00. The lowest BCUT2D eigenvalue weighted by Gasteiger charge is -2.35. The zero-order valence-corrected chi connectivity index (χ0v) is 19.9. The first-order chi connectivity index (χ1) is 15.9. The average Bonchev–Trinajstić information content (AvgIpc) is 3.17. The van der Waals surface area contributed by atoms with E-state index in [2.05, 4.69) is 32.4 Å². The van der Waals surface area contributed by atoms with Gasteiger partial charge in [-0.1, -0.05) is 6.92 Å². The summed E-state index contributed by atoms with van der Waals surface area (Å²) in [6.45, 7) is 6.72. The Morgan fingerprint density at radius 2 is 2.15 bits per heavy atom. The van der Waals surface area contributed by atoms with Crippen molar-refractivity contribution in [2.45, 2.75) is 32.7 Å². The Morgan fingerprint density at radius 1 is 1.39 bits per heavy atom. The molecule has 0 radical (unpaired) electrons. The molecule has 0 spiro atoms. The van der Waals surface area contributed by atoms with Crippen molar-refractivity contribution >= 4 is 50.7 Å². The van der Waals surface area contributed by atoms with E-state index in [4.69, 9.17) is 5.73 Å². The largest absolute Gasteiger partial charge is 0.397 e. The molecule has 1 aromatic heterocycles. The maximum absolute atomic E-state index is 14.4. The molecule has 3 aromatic rings. The van der Waals surface area contributed by atoms with Crippen molar-refractivity contribution in [1.29, 1.82) is 0 Å². The van der Waals surface area contributed by atoms with E-state index in [1.807, 2.05) is 13.0 Å². The van der Waals surface area contributed by atoms with Gasteiger partial charge in [0.25, 0.3) is 5.91 Å².